The Balaban J connectivity index is -0.000000238. The lowest BCUT2D eigenvalue weighted by Gasteiger charge is -2.35. The van der Waals surface area contributed by atoms with Crippen molar-refractivity contribution in [2.45, 2.75) is 248 Å². The van der Waals surface area contributed by atoms with Gasteiger partial charge in [0.15, 0.2) is 0 Å². The van der Waals surface area contributed by atoms with Crippen LogP contribution >= 0.6 is 0 Å². The highest BCUT2D eigenvalue weighted by Gasteiger charge is 2.35. The van der Waals surface area contributed by atoms with Gasteiger partial charge in [-0.05, 0) is 96.7 Å². The Bertz CT molecular complexity index is 526. The zero-order chi connectivity index (χ0) is 33.8. The van der Waals surface area contributed by atoms with Gasteiger partial charge in [0, 0.05) is 0 Å². The molecule has 0 heterocycles. The Morgan fingerprint density at radius 1 is 0.224 bits per heavy atom. The standard InChI is InChI=1S/2C8H14.C7H12.C6H10.4C4H10.4CH4/c1-2-8-5-3-7(1)4-6-8;1-2-7-4-5-8(3-1)6-7;1-2-7-4-3-6(1)5-7;1-2-6-3-5(1)4-6;4*1-4(2)3;;;;/h2*7-8H,1-6H2;6-7H,1-5H2;5-6H,1-4H2;4*4H,1-3H3;4*1H4. The summed E-state index contributed by atoms with van der Waals surface area (Å²) in [6.45, 7) is 26.0. The van der Waals surface area contributed by atoms with Crippen molar-refractivity contribution in [1.82, 2.24) is 0 Å². The molecular formula is C49H106. The van der Waals surface area contributed by atoms with Gasteiger partial charge in [-0.25, -0.2) is 0 Å². The molecule has 0 heteroatoms. The number of rotatable bonds is 0. The van der Waals surface area contributed by atoms with Crippen LogP contribution < -0.4 is 0 Å². The van der Waals surface area contributed by atoms with E-state index in [-0.39, 0.29) is 29.7 Å². The molecule has 0 aromatic rings. The van der Waals surface area contributed by atoms with E-state index >= 15 is 0 Å². The molecule has 0 amide bonds. The molecule has 0 saturated heterocycles. The van der Waals surface area contributed by atoms with Gasteiger partial charge < -0.3 is 0 Å². The zero-order valence-electron chi connectivity index (χ0n) is 33.8. The van der Waals surface area contributed by atoms with E-state index in [0.717, 1.165) is 47.3 Å². The second kappa shape index (κ2) is 32.6. The van der Waals surface area contributed by atoms with Gasteiger partial charge >= 0.3 is 0 Å². The van der Waals surface area contributed by atoms with E-state index in [1.807, 2.05) is 0 Å². The molecule has 2 unspecified atom stereocenters. The summed E-state index contributed by atoms with van der Waals surface area (Å²) in [5, 5.41) is 0. The Morgan fingerprint density at radius 2 is 0.367 bits per heavy atom. The molecule has 10 saturated carbocycles. The van der Waals surface area contributed by atoms with Crippen LogP contribution in [-0.4, -0.2) is 0 Å². The Kier molecular flexibility index (Phi) is 37.1. The van der Waals surface area contributed by atoms with Crippen LogP contribution in [0.4, 0.5) is 0 Å². The van der Waals surface area contributed by atoms with Gasteiger partial charge in [-0.3, -0.25) is 0 Å². The van der Waals surface area contributed by atoms with E-state index in [0.29, 0.717) is 0 Å². The van der Waals surface area contributed by atoms with E-state index in [2.05, 4.69) is 83.1 Å². The fourth-order valence-corrected chi connectivity index (χ4v) is 8.67. The normalized spacial score (nSPS) is 30.9. The second-order valence-electron chi connectivity index (χ2n) is 19.8. The minimum absolute atomic E-state index is 0. The molecule has 0 aromatic carbocycles. The molecule has 0 radical (unpaired) electrons. The summed E-state index contributed by atoms with van der Waals surface area (Å²) >= 11 is 0. The summed E-state index contributed by atoms with van der Waals surface area (Å²) in [4.78, 5) is 0. The lowest BCUT2D eigenvalue weighted by molar-refractivity contribution is 0.176. The van der Waals surface area contributed by atoms with Crippen LogP contribution in [-0.2, 0) is 0 Å². The molecule has 10 rings (SSSR count). The summed E-state index contributed by atoms with van der Waals surface area (Å²) in [5.74, 6) is 12.7. The molecule has 0 N–H and O–H groups in total. The SMILES string of the molecule is C.C.C.C.C1CC2CC1C2.C1CC2CCC(C1)C2.C1CC2CCC1C2.C1CC2CCC1CC2.CC(C)C.CC(C)C.CC(C)C.CC(C)C. The molecule has 10 aliphatic carbocycles. The Labute approximate surface area is 317 Å². The Hall–Kier alpha value is 0. The van der Waals surface area contributed by atoms with Gasteiger partial charge in [0.2, 0.25) is 0 Å². The fraction of sp³-hybridized carbons (Fsp3) is 1.00. The second-order valence-corrected chi connectivity index (χ2v) is 19.8. The third-order valence-corrected chi connectivity index (χ3v) is 10.8. The van der Waals surface area contributed by atoms with Crippen LogP contribution in [0.25, 0.3) is 0 Å². The van der Waals surface area contributed by atoms with Gasteiger partial charge in [0.1, 0.15) is 0 Å². The average Bonchev–Trinajstić information content (AvgIpc) is 3.79. The summed E-state index contributed by atoms with van der Waals surface area (Å²) in [5.41, 5.74) is 0. The van der Waals surface area contributed by atoms with E-state index in [1.165, 1.54) is 30.1 Å². The van der Waals surface area contributed by atoms with Crippen molar-refractivity contribution >= 4 is 0 Å². The van der Waals surface area contributed by atoms with Crippen LogP contribution in [0.1, 0.15) is 248 Å². The van der Waals surface area contributed by atoms with Crippen molar-refractivity contribution in [3.05, 3.63) is 0 Å². The summed E-state index contributed by atoms with van der Waals surface area (Å²) in [6.07, 6.45) is 32.8. The molecule has 10 fully saturated rings. The highest BCUT2D eigenvalue weighted by atomic mass is 14.4. The maximum atomic E-state index is 2.17. The molecule has 0 aromatic heterocycles. The molecule has 2 atom stereocenters. The summed E-state index contributed by atoms with van der Waals surface area (Å²) in [7, 11) is 0. The average molecular weight is 695 g/mol. The lowest BCUT2D eigenvalue weighted by atomic mass is 9.71. The van der Waals surface area contributed by atoms with E-state index in [1.54, 1.807) is 128 Å². The van der Waals surface area contributed by atoms with E-state index < -0.39 is 0 Å². The van der Waals surface area contributed by atoms with Crippen molar-refractivity contribution in [3.63, 3.8) is 0 Å². The molecule has 302 valence electrons. The van der Waals surface area contributed by atoms with Gasteiger partial charge in [-0.15, -0.1) is 0 Å². The highest BCUT2D eigenvalue weighted by molar-refractivity contribution is 4.87. The van der Waals surface area contributed by atoms with Crippen LogP contribution in [0, 0.1) is 71.0 Å². The topological polar surface area (TPSA) is 0 Å². The van der Waals surface area contributed by atoms with Crippen molar-refractivity contribution in [1.29, 1.82) is 0 Å². The third-order valence-electron chi connectivity index (χ3n) is 10.8. The van der Waals surface area contributed by atoms with Crippen LogP contribution in [0.3, 0.4) is 0 Å². The largest absolute Gasteiger partial charge is 0.0776 e. The van der Waals surface area contributed by atoms with Crippen molar-refractivity contribution < 1.29 is 0 Å². The quantitative estimate of drug-likeness (QED) is 0.237. The molecule has 0 spiro atoms. The predicted octanol–water partition coefficient (Wildman–Crippen LogP) is 18.4. The predicted molar refractivity (Wildman–Crippen MR) is 234 cm³/mol. The fourth-order valence-electron chi connectivity index (χ4n) is 8.67. The Morgan fingerprint density at radius 3 is 0.490 bits per heavy atom. The van der Waals surface area contributed by atoms with Gasteiger partial charge in [0.05, 0.1) is 0 Å². The van der Waals surface area contributed by atoms with Crippen molar-refractivity contribution in [2.24, 2.45) is 71.0 Å². The first-order chi connectivity index (χ1) is 21.2. The first-order valence-corrected chi connectivity index (χ1v) is 21.2. The smallest absolute Gasteiger partial charge is 0.0409 e. The molecular weight excluding hydrogens is 589 g/mol. The van der Waals surface area contributed by atoms with Gasteiger partial charge in [0.25, 0.3) is 0 Å². The third kappa shape index (κ3) is 31.3. The van der Waals surface area contributed by atoms with Crippen LogP contribution in [0.2, 0.25) is 0 Å². The number of hydrogen-bond donors (Lipinski definition) is 0. The van der Waals surface area contributed by atoms with Crippen molar-refractivity contribution in [3.8, 4) is 0 Å². The lowest BCUT2D eigenvalue weighted by Crippen LogP contribution is -2.21. The molecule has 10 aliphatic rings. The number of fused-ring (bicyclic) bond motifs is 8. The summed E-state index contributed by atoms with van der Waals surface area (Å²) < 4.78 is 0. The maximum Gasteiger partial charge on any atom is -0.0409 e. The van der Waals surface area contributed by atoms with Gasteiger partial charge in [-0.2, -0.15) is 0 Å². The first-order valence-electron chi connectivity index (χ1n) is 21.2. The van der Waals surface area contributed by atoms with E-state index in [9.17, 15) is 0 Å². The minimum atomic E-state index is 0. The monoisotopic (exact) mass is 695 g/mol. The zero-order valence-corrected chi connectivity index (χ0v) is 33.8. The highest BCUT2D eigenvalue weighted by Crippen LogP contribution is 2.48. The van der Waals surface area contributed by atoms with Crippen LogP contribution in [0.5, 0.6) is 0 Å². The first kappa shape index (κ1) is 55.8. The maximum absolute atomic E-state index is 2.17. The van der Waals surface area contributed by atoms with Crippen LogP contribution in [0.15, 0.2) is 0 Å². The molecule has 49 heavy (non-hydrogen) atoms. The molecule has 0 aliphatic heterocycles. The van der Waals surface area contributed by atoms with E-state index in [4.69, 9.17) is 0 Å². The summed E-state index contributed by atoms with van der Waals surface area (Å²) in [6, 6.07) is 0. The minimum Gasteiger partial charge on any atom is -0.0776 e. The van der Waals surface area contributed by atoms with Crippen molar-refractivity contribution in [2.75, 3.05) is 0 Å². The molecule has 8 bridgehead atoms. The molecule has 0 nitrogen and oxygen atoms in total. The number of hydrogen-bond acceptors (Lipinski definition) is 0. The van der Waals surface area contributed by atoms with Gasteiger partial charge in [-0.1, -0.05) is 222 Å².